The molecule has 1 saturated carbocycles. The highest BCUT2D eigenvalue weighted by molar-refractivity contribution is 6.01. The van der Waals surface area contributed by atoms with Crippen molar-refractivity contribution in [3.8, 4) is 0 Å². The van der Waals surface area contributed by atoms with Gasteiger partial charge in [-0.2, -0.15) is 5.10 Å². The number of carbonyl (C=O) groups excluding carboxylic acids is 1. The van der Waals surface area contributed by atoms with E-state index >= 15 is 0 Å². The summed E-state index contributed by atoms with van der Waals surface area (Å²) in [5.41, 5.74) is -0.388. The molecule has 0 spiro atoms. The van der Waals surface area contributed by atoms with E-state index in [1.54, 1.807) is 16.9 Å². The molecule has 80 valence electrons. The fraction of sp³-hybridized carbons (Fsp3) is 0.500. The van der Waals surface area contributed by atoms with Crippen LogP contribution in [-0.4, -0.2) is 26.6 Å². The minimum atomic E-state index is -1.02. The van der Waals surface area contributed by atoms with Crippen molar-refractivity contribution in [2.24, 2.45) is 0 Å². The number of Topliss-reactive ketones (excluding diaryl/α,β-unsaturated/α-hetero) is 1. The molecule has 1 N–H and O–H groups in total. The topological polar surface area (TPSA) is 72.2 Å². The van der Waals surface area contributed by atoms with Crippen LogP contribution >= 0.6 is 0 Å². The Kier molecular flexibility index (Phi) is 2.10. The monoisotopic (exact) mass is 208 g/mol. The number of aromatic nitrogens is 2. The molecule has 1 aromatic rings. The van der Waals surface area contributed by atoms with Gasteiger partial charge >= 0.3 is 5.97 Å². The van der Waals surface area contributed by atoms with Crippen molar-refractivity contribution in [2.75, 3.05) is 0 Å². The molecule has 0 saturated heterocycles. The number of ketones is 1. The summed E-state index contributed by atoms with van der Waals surface area (Å²) in [6, 6.07) is 1.68. The van der Waals surface area contributed by atoms with E-state index in [-0.39, 0.29) is 18.6 Å². The van der Waals surface area contributed by atoms with Crippen molar-refractivity contribution in [3.63, 3.8) is 0 Å². The zero-order valence-electron chi connectivity index (χ0n) is 8.43. The number of carboxylic acid groups (broad SMARTS) is 1. The van der Waals surface area contributed by atoms with Gasteiger partial charge in [0.15, 0.2) is 0 Å². The Hall–Kier alpha value is -1.65. The molecule has 5 heteroatoms. The Morgan fingerprint density at radius 1 is 1.67 bits per heavy atom. The van der Waals surface area contributed by atoms with Gasteiger partial charge in [-0.15, -0.1) is 0 Å². The number of hydrogen-bond donors (Lipinski definition) is 1. The molecule has 2 rings (SSSR count). The van der Waals surface area contributed by atoms with Gasteiger partial charge in [-0.05, 0) is 13.0 Å². The zero-order chi connectivity index (χ0) is 11.1. The molecule has 0 aromatic carbocycles. The molecular formula is C10H12N2O3. The summed E-state index contributed by atoms with van der Waals surface area (Å²) in [7, 11) is 0. The summed E-state index contributed by atoms with van der Waals surface area (Å²) in [6.07, 6.45) is 1.76. The SMILES string of the molecule is CCn1nccc1C1(C(=O)O)CC(=O)C1. The van der Waals surface area contributed by atoms with Crippen LogP contribution in [0.5, 0.6) is 0 Å². The largest absolute Gasteiger partial charge is 0.481 e. The molecule has 1 heterocycles. The second-order valence-corrected chi connectivity index (χ2v) is 3.81. The van der Waals surface area contributed by atoms with Crippen LogP contribution in [0, 0.1) is 0 Å². The molecular weight excluding hydrogens is 196 g/mol. The van der Waals surface area contributed by atoms with E-state index in [2.05, 4.69) is 5.10 Å². The first-order chi connectivity index (χ1) is 7.10. The average molecular weight is 208 g/mol. The van der Waals surface area contributed by atoms with Gasteiger partial charge in [-0.1, -0.05) is 0 Å². The van der Waals surface area contributed by atoms with Crippen molar-refractivity contribution in [1.29, 1.82) is 0 Å². The van der Waals surface area contributed by atoms with E-state index in [9.17, 15) is 14.7 Å². The second kappa shape index (κ2) is 3.18. The summed E-state index contributed by atoms with van der Waals surface area (Å²) in [4.78, 5) is 22.2. The number of aryl methyl sites for hydroxylation is 1. The molecule has 0 aliphatic heterocycles. The maximum atomic E-state index is 11.2. The number of carboxylic acids is 1. The Morgan fingerprint density at radius 3 is 2.80 bits per heavy atom. The van der Waals surface area contributed by atoms with E-state index < -0.39 is 11.4 Å². The summed E-state index contributed by atoms with van der Waals surface area (Å²) < 4.78 is 1.64. The normalized spacial score (nSPS) is 18.6. The first kappa shape index (κ1) is 9.89. The third-order valence-electron chi connectivity index (χ3n) is 2.91. The molecule has 15 heavy (non-hydrogen) atoms. The lowest BCUT2D eigenvalue weighted by molar-refractivity contribution is -0.153. The van der Waals surface area contributed by atoms with E-state index in [1.807, 2.05) is 6.92 Å². The van der Waals surface area contributed by atoms with Crippen LogP contribution in [0.3, 0.4) is 0 Å². The molecule has 0 amide bonds. The van der Waals surface area contributed by atoms with Gasteiger partial charge < -0.3 is 5.11 Å². The maximum Gasteiger partial charge on any atom is 0.316 e. The fourth-order valence-corrected chi connectivity index (χ4v) is 2.05. The number of nitrogens with zero attached hydrogens (tertiary/aromatic N) is 2. The van der Waals surface area contributed by atoms with Crippen molar-refractivity contribution in [2.45, 2.75) is 31.7 Å². The van der Waals surface area contributed by atoms with Gasteiger partial charge in [0.05, 0.1) is 5.69 Å². The van der Waals surface area contributed by atoms with Crippen LogP contribution in [0.2, 0.25) is 0 Å². The standard InChI is InChI=1S/C10H12N2O3/c1-2-12-8(3-4-11-12)10(9(14)15)5-7(13)6-10/h3-4H,2,5-6H2,1H3,(H,14,15). The minimum absolute atomic E-state index is 0.00116. The van der Waals surface area contributed by atoms with Crippen LogP contribution in [-0.2, 0) is 21.5 Å². The molecule has 0 bridgehead atoms. The van der Waals surface area contributed by atoms with Gasteiger partial charge in [0, 0.05) is 25.6 Å². The predicted octanol–water partition coefficient (Wildman–Crippen LogP) is 0.588. The third kappa shape index (κ3) is 1.26. The van der Waals surface area contributed by atoms with Crippen LogP contribution < -0.4 is 0 Å². The van der Waals surface area contributed by atoms with Crippen LogP contribution in [0.4, 0.5) is 0 Å². The quantitative estimate of drug-likeness (QED) is 0.789. The van der Waals surface area contributed by atoms with E-state index in [0.29, 0.717) is 12.2 Å². The Labute approximate surface area is 86.7 Å². The Bertz CT molecular complexity index is 414. The molecule has 1 fully saturated rings. The molecule has 0 atom stereocenters. The summed E-state index contributed by atoms with van der Waals surface area (Å²) >= 11 is 0. The van der Waals surface area contributed by atoms with Crippen molar-refractivity contribution in [1.82, 2.24) is 9.78 Å². The lowest BCUT2D eigenvalue weighted by Crippen LogP contribution is -2.49. The van der Waals surface area contributed by atoms with Gasteiger partial charge in [0.1, 0.15) is 11.2 Å². The van der Waals surface area contributed by atoms with Crippen molar-refractivity contribution >= 4 is 11.8 Å². The molecule has 5 nitrogen and oxygen atoms in total. The average Bonchev–Trinajstić information content (AvgIpc) is 2.59. The van der Waals surface area contributed by atoms with Crippen molar-refractivity contribution in [3.05, 3.63) is 18.0 Å². The number of carbonyl (C=O) groups is 2. The first-order valence-electron chi connectivity index (χ1n) is 4.87. The van der Waals surface area contributed by atoms with Crippen LogP contribution in [0.15, 0.2) is 12.3 Å². The molecule has 1 aliphatic rings. The minimum Gasteiger partial charge on any atom is -0.481 e. The molecule has 1 aromatic heterocycles. The van der Waals surface area contributed by atoms with E-state index in [1.165, 1.54) is 0 Å². The third-order valence-corrected chi connectivity index (χ3v) is 2.91. The lowest BCUT2D eigenvalue weighted by atomic mass is 9.65. The van der Waals surface area contributed by atoms with Crippen LogP contribution in [0.1, 0.15) is 25.5 Å². The van der Waals surface area contributed by atoms with Crippen molar-refractivity contribution < 1.29 is 14.7 Å². The Balaban J connectivity index is 2.43. The number of aliphatic carboxylic acids is 1. The smallest absolute Gasteiger partial charge is 0.316 e. The van der Waals surface area contributed by atoms with Gasteiger partial charge in [0.2, 0.25) is 0 Å². The predicted molar refractivity (Wildman–Crippen MR) is 51.5 cm³/mol. The van der Waals surface area contributed by atoms with Gasteiger partial charge in [-0.3, -0.25) is 14.3 Å². The van der Waals surface area contributed by atoms with Gasteiger partial charge in [-0.25, -0.2) is 0 Å². The second-order valence-electron chi connectivity index (χ2n) is 3.81. The fourth-order valence-electron chi connectivity index (χ4n) is 2.05. The van der Waals surface area contributed by atoms with E-state index in [4.69, 9.17) is 0 Å². The summed E-state index contributed by atoms with van der Waals surface area (Å²) in [6.45, 7) is 2.51. The lowest BCUT2D eigenvalue weighted by Gasteiger charge is -2.36. The number of rotatable bonds is 3. The molecule has 0 unspecified atom stereocenters. The maximum absolute atomic E-state index is 11.2. The summed E-state index contributed by atoms with van der Waals surface area (Å²) in [5, 5.41) is 13.2. The highest BCUT2D eigenvalue weighted by atomic mass is 16.4. The zero-order valence-corrected chi connectivity index (χ0v) is 8.43. The first-order valence-corrected chi connectivity index (χ1v) is 4.87. The molecule has 1 aliphatic carbocycles. The van der Waals surface area contributed by atoms with E-state index in [0.717, 1.165) is 0 Å². The highest BCUT2D eigenvalue weighted by Gasteiger charge is 2.53. The summed E-state index contributed by atoms with van der Waals surface area (Å²) in [5.74, 6) is -0.932. The number of hydrogen-bond acceptors (Lipinski definition) is 3. The Morgan fingerprint density at radius 2 is 2.33 bits per heavy atom. The van der Waals surface area contributed by atoms with Crippen LogP contribution in [0.25, 0.3) is 0 Å². The molecule has 0 radical (unpaired) electrons. The highest BCUT2D eigenvalue weighted by Crippen LogP contribution is 2.41. The van der Waals surface area contributed by atoms with Gasteiger partial charge in [0.25, 0.3) is 0 Å².